The highest BCUT2D eigenvalue weighted by Gasteiger charge is 2.44. The number of hydrogen-bond acceptors (Lipinski definition) is 2. The second kappa shape index (κ2) is 8.80. The number of carbonyl (C=O) groups is 1. The van der Waals surface area contributed by atoms with E-state index in [0.29, 0.717) is 12.3 Å². The molecular weight excluding hydrogens is 294 g/mol. The molecule has 1 aliphatic rings. The first-order chi connectivity index (χ1) is 11.5. The van der Waals surface area contributed by atoms with Gasteiger partial charge in [0, 0.05) is 5.92 Å². The lowest BCUT2D eigenvalue weighted by molar-refractivity contribution is -0.128. The van der Waals surface area contributed by atoms with Gasteiger partial charge in [-0.05, 0) is 56.7 Å². The van der Waals surface area contributed by atoms with Gasteiger partial charge in [0.1, 0.15) is 5.78 Å². The Labute approximate surface area is 148 Å². The first kappa shape index (κ1) is 19.2. The summed E-state index contributed by atoms with van der Waals surface area (Å²) >= 11 is 0. The van der Waals surface area contributed by atoms with Crippen molar-refractivity contribution in [3.05, 3.63) is 35.4 Å². The van der Waals surface area contributed by atoms with Crippen molar-refractivity contribution in [2.45, 2.75) is 71.6 Å². The summed E-state index contributed by atoms with van der Waals surface area (Å²) in [7, 11) is 0. The van der Waals surface area contributed by atoms with E-state index in [1.54, 1.807) is 0 Å². The van der Waals surface area contributed by atoms with Crippen LogP contribution in [0.1, 0.15) is 70.4 Å². The zero-order chi connectivity index (χ0) is 17.6. The lowest BCUT2D eigenvalue weighted by Gasteiger charge is -2.45. The van der Waals surface area contributed by atoms with Crippen molar-refractivity contribution in [3.8, 4) is 0 Å². The van der Waals surface area contributed by atoms with Crippen LogP contribution in [0.15, 0.2) is 24.3 Å². The standard InChI is InChI=1S/C22H35NO/c1-5-7-12-23(13-8-6-2)17-21(24)19-15-22(4,16-19)20-11-9-10-18(3)14-20/h9-11,14,19H,5-8,12-13,15-17H2,1-4H3. The Morgan fingerprint density at radius 1 is 1.17 bits per heavy atom. The summed E-state index contributed by atoms with van der Waals surface area (Å²) in [6.07, 6.45) is 6.83. The molecule has 24 heavy (non-hydrogen) atoms. The second-order valence-electron chi connectivity index (χ2n) is 7.98. The van der Waals surface area contributed by atoms with Gasteiger partial charge in [0.25, 0.3) is 0 Å². The molecule has 0 heterocycles. The molecule has 0 aliphatic heterocycles. The minimum Gasteiger partial charge on any atom is -0.298 e. The van der Waals surface area contributed by atoms with E-state index >= 15 is 0 Å². The van der Waals surface area contributed by atoms with E-state index in [1.165, 1.54) is 36.8 Å². The molecule has 0 aromatic heterocycles. The van der Waals surface area contributed by atoms with Crippen molar-refractivity contribution in [2.24, 2.45) is 5.92 Å². The van der Waals surface area contributed by atoms with Crippen molar-refractivity contribution >= 4 is 5.78 Å². The fraction of sp³-hybridized carbons (Fsp3) is 0.682. The molecule has 1 aliphatic carbocycles. The Bertz CT molecular complexity index is 523. The van der Waals surface area contributed by atoms with Crippen LogP contribution in [0.4, 0.5) is 0 Å². The third-order valence-corrected chi connectivity index (χ3v) is 5.60. The van der Waals surface area contributed by atoms with E-state index in [2.05, 4.69) is 56.9 Å². The number of carbonyl (C=O) groups excluding carboxylic acids is 1. The van der Waals surface area contributed by atoms with Crippen LogP contribution in [-0.4, -0.2) is 30.3 Å². The Morgan fingerprint density at radius 3 is 2.33 bits per heavy atom. The number of hydrogen-bond donors (Lipinski definition) is 0. The predicted octanol–water partition coefficient (Wildman–Crippen LogP) is 5.13. The minimum absolute atomic E-state index is 0.198. The van der Waals surface area contributed by atoms with Crippen LogP contribution in [0.3, 0.4) is 0 Å². The molecule has 0 unspecified atom stereocenters. The predicted molar refractivity (Wildman–Crippen MR) is 103 cm³/mol. The quantitative estimate of drug-likeness (QED) is 0.593. The summed E-state index contributed by atoms with van der Waals surface area (Å²) in [5, 5.41) is 0. The van der Waals surface area contributed by atoms with Crippen molar-refractivity contribution in [3.63, 3.8) is 0 Å². The van der Waals surface area contributed by atoms with Gasteiger partial charge in [-0.3, -0.25) is 9.69 Å². The van der Waals surface area contributed by atoms with Crippen molar-refractivity contribution in [2.75, 3.05) is 19.6 Å². The summed E-state index contributed by atoms with van der Waals surface area (Å²) in [5.74, 6) is 0.730. The first-order valence-electron chi connectivity index (χ1n) is 9.80. The van der Waals surface area contributed by atoms with Crippen LogP contribution >= 0.6 is 0 Å². The van der Waals surface area contributed by atoms with Gasteiger partial charge in [0.15, 0.2) is 0 Å². The number of Topliss-reactive ketones (excluding diaryl/α,β-unsaturated/α-hetero) is 1. The molecule has 0 atom stereocenters. The highest BCUT2D eigenvalue weighted by Crippen LogP contribution is 2.48. The maximum atomic E-state index is 12.7. The normalized spacial score (nSPS) is 23.3. The smallest absolute Gasteiger partial charge is 0.149 e. The number of aryl methyl sites for hydroxylation is 1. The van der Waals surface area contributed by atoms with Gasteiger partial charge < -0.3 is 0 Å². The van der Waals surface area contributed by atoms with E-state index in [4.69, 9.17) is 0 Å². The highest BCUT2D eigenvalue weighted by atomic mass is 16.1. The summed E-state index contributed by atoms with van der Waals surface area (Å²) < 4.78 is 0. The lowest BCUT2D eigenvalue weighted by Crippen LogP contribution is -2.46. The molecule has 1 saturated carbocycles. The zero-order valence-corrected chi connectivity index (χ0v) is 16.1. The minimum atomic E-state index is 0.198. The van der Waals surface area contributed by atoms with Gasteiger partial charge in [0.2, 0.25) is 0 Å². The van der Waals surface area contributed by atoms with Crippen LogP contribution < -0.4 is 0 Å². The number of rotatable bonds is 10. The van der Waals surface area contributed by atoms with E-state index in [9.17, 15) is 4.79 Å². The zero-order valence-electron chi connectivity index (χ0n) is 16.1. The fourth-order valence-electron chi connectivity index (χ4n) is 3.89. The molecule has 0 saturated heterocycles. The topological polar surface area (TPSA) is 20.3 Å². The average Bonchev–Trinajstić information content (AvgIpc) is 2.54. The largest absolute Gasteiger partial charge is 0.298 e. The van der Waals surface area contributed by atoms with Crippen LogP contribution in [-0.2, 0) is 10.2 Å². The molecular formula is C22H35NO. The van der Waals surface area contributed by atoms with E-state index < -0.39 is 0 Å². The summed E-state index contributed by atoms with van der Waals surface area (Å²) in [6, 6.07) is 8.80. The molecule has 1 fully saturated rings. The third kappa shape index (κ3) is 4.92. The Kier molecular flexibility index (Phi) is 7.03. The number of unbranched alkanes of at least 4 members (excludes halogenated alkanes) is 2. The Balaban J connectivity index is 1.88. The van der Waals surface area contributed by atoms with Crippen LogP contribution in [0.5, 0.6) is 0 Å². The van der Waals surface area contributed by atoms with Gasteiger partial charge in [-0.2, -0.15) is 0 Å². The van der Waals surface area contributed by atoms with Crippen molar-refractivity contribution < 1.29 is 4.79 Å². The molecule has 0 bridgehead atoms. The van der Waals surface area contributed by atoms with Crippen LogP contribution in [0.25, 0.3) is 0 Å². The molecule has 0 spiro atoms. The summed E-state index contributed by atoms with van der Waals surface area (Å²) in [5.41, 5.74) is 2.92. The Morgan fingerprint density at radius 2 is 1.79 bits per heavy atom. The number of nitrogens with zero attached hydrogens (tertiary/aromatic N) is 1. The molecule has 2 heteroatoms. The van der Waals surface area contributed by atoms with E-state index in [1.807, 2.05) is 0 Å². The summed E-state index contributed by atoms with van der Waals surface area (Å²) in [6.45, 7) is 11.7. The van der Waals surface area contributed by atoms with Gasteiger partial charge in [0.05, 0.1) is 6.54 Å². The van der Waals surface area contributed by atoms with Crippen LogP contribution in [0.2, 0.25) is 0 Å². The molecule has 2 rings (SSSR count). The fourth-order valence-corrected chi connectivity index (χ4v) is 3.89. The van der Waals surface area contributed by atoms with E-state index in [-0.39, 0.29) is 11.3 Å². The maximum Gasteiger partial charge on any atom is 0.149 e. The van der Waals surface area contributed by atoms with Gasteiger partial charge in [-0.1, -0.05) is 63.4 Å². The maximum absolute atomic E-state index is 12.7. The molecule has 1 aromatic rings. The molecule has 2 nitrogen and oxygen atoms in total. The van der Waals surface area contributed by atoms with E-state index in [0.717, 1.165) is 25.9 Å². The van der Waals surface area contributed by atoms with Crippen LogP contribution in [0, 0.1) is 12.8 Å². The number of benzene rings is 1. The van der Waals surface area contributed by atoms with Crippen molar-refractivity contribution in [1.82, 2.24) is 4.90 Å². The van der Waals surface area contributed by atoms with Gasteiger partial charge >= 0.3 is 0 Å². The number of ketones is 1. The molecule has 134 valence electrons. The van der Waals surface area contributed by atoms with Gasteiger partial charge in [-0.15, -0.1) is 0 Å². The van der Waals surface area contributed by atoms with Crippen molar-refractivity contribution in [1.29, 1.82) is 0 Å². The molecule has 0 radical (unpaired) electrons. The molecule has 0 amide bonds. The average molecular weight is 330 g/mol. The Hall–Kier alpha value is -1.15. The highest BCUT2D eigenvalue weighted by molar-refractivity contribution is 5.84. The molecule has 1 aromatic carbocycles. The van der Waals surface area contributed by atoms with Gasteiger partial charge in [-0.25, -0.2) is 0 Å². The second-order valence-corrected chi connectivity index (χ2v) is 7.98. The summed E-state index contributed by atoms with van der Waals surface area (Å²) in [4.78, 5) is 15.1. The molecule has 0 N–H and O–H groups in total. The first-order valence-corrected chi connectivity index (χ1v) is 9.80. The third-order valence-electron chi connectivity index (χ3n) is 5.60. The lowest BCUT2D eigenvalue weighted by atomic mass is 9.58. The SMILES string of the molecule is CCCCN(CCCC)CC(=O)C1CC(C)(c2cccc(C)c2)C1. The monoisotopic (exact) mass is 329 g/mol.